The molecule has 0 fully saturated rings. The molecule has 2 heteroatoms. The molecule has 3 aromatic rings. The number of carbonyl (C=O) groups is 1. The number of carbonyl (C=O) groups excluding carboxylic acids is 1. The molecule has 104 valence electrons. The summed E-state index contributed by atoms with van der Waals surface area (Å²) < 4.78 is 0. The minimum Gasteiger partial charge on any atom is -0.298 e. The first kappa shape index (κ1) is 13.5. The van der Waals surface area contributed by atoms with Crippen LogP contribution in [0.15, 0.2) is 54.7 Å². The monoisotopic (exact) mass is 275 g/mol. The summed E-state index contributed by atoms with van der Waals surface area (Å²) in [5.41, 5.74) is 5.06. The van der Waals surface area contributed by atoms with Crippen molar-refractivity contribution in [3.8, 4) is 11.1 Å². The lowest BCUT2D eigenvalue weighted by Gasteiger charge is -2.12. The van der Waals surface area contributed by atoms with Crippen LogP contribution in [0.1, 0.15) is 35.7 Å². The fourth-order valence-electron chi connectivity index (χ4n) is 2.55. The molecule has 0 aliphatic heterocycles. The fourth-order valence-corrected chi connectivity index (χ4v) is 2.55. The molecule has 1 aromatic heterocycles. The molecule has 1 heterocycles. The van der Waals surface area contributed by atoms with E-state index in [9.17, 15) is 4.79 Å². The third-order valence-corrected chi connectivity index (χ3v) is 3.73. The van der Waals surface area contributed by atoms with Crippen LogP contribution in [-0.4, -0.2) is 11.3 Å². The van der Waals surface area contributed by atoms with Crippen molar-refractivity contribution in [1.29, 1.82) is 0 Å². The molecule has 0 amide bonds. The Bertz CT molecular complexity index is 806. The number of pyridine rings is 1. The second kappa shape index (κ2) is 5.49. The summed E-state index contributed by atoms with van der Waals surface area (Å²) in [6, 6.07) is 16.1. The van der Waals surface area contributed by atoms with Crippen LogP contribution in [0.3, 0.4) is 0 Å². The molecular weight excluding hydrogens is 258 g/mol. The van der Waals surface area contributed by atoms with Crippen molar-refractivity contribution in [3.05, 3.63) is 65.9 Å². The molecule has 0 atom stereocenters. The van der Waals surface area contributed by atoms with Crippen LogP contribution < -0.4 is 0 Å². The molecule has 0 bridgehead atoms. The van der Waals surface area contributed by atoms with Crippen molar-refractivity contribution < 1.29 is 4.79 Å². The van der Waals surface area contributed by atoms with Gasteiger partial charge < -0.3 is 0 Å². The first-order chi connectivity index (χ1) is 10.2. The zero-order chi connectivity index (χ0) is 14.8. The van der Waals surface area contributed by atoms with Crippen molar-refractivity contribution in [2.45, 2.75) is 19.8 Å². The highest BCUT2D eigenvalue weighted by Gasteiger charge is 2.10. The average Bonchev–Trinajstić information content (AvgIpc) is 2.53. The molecule has 0 N–H and O–H groups in total. The zero-order valence-electron chi connectivity index (χ0n) is 12.2. The van der Waals surface area contributed by atoms with Gasteiger partial charge in [0.05, 0.1) is 5.52 Å². The topological polar surface area (TPSA) is 30.0 Å². The van der Waals surface area contributed by atoms with Crippen LogP contribution in [0.25, 0.3) is 22.0 Å². The molecule has 3 rings (SSSR count). The van der Waals surface area contributed by atoms with E-state index in [1.807, 2.05) is 36.5 Å². The summed E-state index contributed by atoms with van der Waals surface area (Å²) in [4.78, 5) is 15.5. The molecule has 2 aromatic carbocycles. The minimum atomic E-state index is 0.447. The third-order valence-electron chi connectivity index (χ3n) is 3.73. The predicted molar refractivity (Wildman–Crippen MR) is 86.7 cm³/mol. The van der Waals surface area contributed by atoms with Gasteiger partial charge in [-0.3, -0.25) is 9.78 Å². The van der Waals surface area contributed by atoms with E-state index in [4.69, 9.17) is 0 Å². The minimum absolute atomic E-state index is 0.447. The molecule has 0 aliphatic carbocycles. The highest BCUT2D eigenvalue weighted by molar-refractivity contribution is 5.95. The van der Waals surface area contributed by atoms with Gasteiger partial charge in [0.15, 0.2) is 0 Å². The summed E-state index contributed by atoms with van der Waals surface area (Å²) in [5.74, 6) is 0.447. The first-order valence-electron chi connectivity index (χ1n) is 7.13. The number of fused-ring (bicyclic) bond motifs is 1. The second-order valence-corrected chi connectivity index (χ2v) is 5.54. The summed E-state index contributed by atoms with van der Waals surface area (Å²) >= 11 is 0. The molecule has 0 radical (unpaired) electrons. The van der Waals surface area contributed by atoms with Gasteiger partial charge in [0.25, 0.3) is 0 Å². The van der Waals surface area contributed by atoms with Crippen molar-refractivity contribution in [3.63, 3.8) is 0 Å². The highest BCUT2D eigenvalue weighted by Crippen LogP contribution is 2.31. The lowest BCUT2D eigenvalue weighted by atomic mass is 9.93. The van der Waals surface area contributed by atoms with Gasteiger partial charge in [0.1, 0.15) is 6.29 Å². The van der Waals surface area contributed by atoms with Crippen molar-refractivity contribution in [2.24, 2.45) is 0 Å². The van der Waals surface area contributed by atoms with Crippen LogP contribution in [0.5, 0.6) is 0 Å². The summed E-state index contributed by atoms with van der Waals surface area (Å²) in [7, 11) is 0. The Morgan fingerprint density at radius 2 is 1.90 bits per heavy atom. The average molecular weight is 275 g/mol. The zero-order valence-corrected chi connectivity index (χ0v) is 12.2. The fraction of sp³-hybridized carbons (Fsp3) is 0.158. The molecule has 0 aliphatic rings. The van der Waals surface area contributed by atoms with Crippen LogP contribution >= 0.6 is 0 Å². The number of hydrogen-bond donors (Lipinski definition) is 0. The van der Waals surface area contributed by atoms with E-state index >= 15 is 0 Å². The Kier molecular flexibility index (Phi) is 3.53. The van der Waals surface area contributed by atoms with Gasteiger partial charge in [-0.05, 0) is 41.3 Å². The Balaban J connectivity index is 2.31. The van der Waals surface area contributed by atoms with Crippen molar-refractivity contribution in [2.75, 3.05) is 0 Å². The van der Waals surface area contributed by atoms with E-state index in [0.29, 0.717) is 11.5 Å². The quantitative estimate of drug-likeness (QED) is 0.640. The lowest BCUT2D eigenvalue weighted by molar-refractivity contribution is 0.112. The summed E-state index contributed by atoms with van der Waals surface area (Å²) in [5, 5.41) is 1.13. The number of aldehydes is 1. The largest absolute Gasteiger partial charge is 0.298 e. The maximum Gasteiger partial charge on any atom is 0.150 e. The standard InChI is InChI=1S/C19H17NO/c1-13(2)17-10-16-7-4-8-20-19(16)18(11-17)15-6-3-5-14(9-15)12-21/h3-13H,1-2H3. The van der Waals surface area contributed by atoms with Gasteiger partial charge in [-0.2, -0.15) is 0 Å². The normalized spacial score (nSPS) is 11.0. The van der Waals surface area contributed by atoms with E-state index in [-0.39, 0.29) is 0 Å². The van der Waals surface area contributed by atoms with E-state index in [0.717, 1.165) is 28.3 Å². The SMILES string of the molecule is CC(C)c1cc(-c2cccc(C=O)c2)c2ncccc2c1. The smallest absolute Gasteiger partial charge is 0.150 e. The van der Waals surface area contributed by atoms with Crippen LogP contribution in [0, 0.1) is 0 Å². The highest BCUT2D eigenvalue weighted by atomic mass is 16.1. The molecule has 0 spiro atoms. The summed E-state index contributed by atoms with van der Waals surface area (Å²) in [6.45, 7) is 4.37. The predicted octanol–water partition coefficient (Wildman–Crippen LogP) is 4.84. The van der Waals surface area contributed by atoms with E-state index in [2.05, 4.69) is 37.0 Å². The third kappa shape index (κ3) is 2.57. The van der Waals surface area contributed by atoms with Gasteiger partial charge in [0, 0.05) is 22.7 Å². The second-order valence-electron chi connectivity index (χ2n) is 5.54. The van der Waals surface area contributed by atoms with Gasteiger partial charge in [-0.25, -0.2) is 0 Å². The number of benzene rings is 2. The Labute approximate surface area is 124 Å². The van der Waals surface area contributed by atoms with E-state index < -0.39 is 0 Å². The van der Waals surface area contributed by atoms with Crippen molar-refractivity contribution in [1.82, 2.24) is 4.98 Å². The Morgan fingerprint density at radius 1 is 1.05 bits per heavy atom. The van der Waals surface area contributed by atoms with Crippen LogP contribution in [0.2, 0.25) is 0 Å². The van der Waals surface area contributed by atoms with E-state index in [1.54, 1.807) is 0 Å². The number of rotatable bonds is 3. The molecular formula is C19H17NO. The molecule has 0 unspecified atom stereocenters. The van der Waals surface area contributed by atoms with Crippen LogP contribution in [-0.2, 0) is 0 Å². The maximum atomic E-state index is 11.0. The van der Waals surface area contributed by atoms with E-state index in [1.165, 1.54) is 5.56 Å². The Hall–Kier alpha value is -2.48. The van der Waals surface area contributed by atoms with Gasteiger partial charge >= 0.3 is 0 Å². The lowest BCUT2D eigenvalue weighted by Crippen LogP contribution is -1.92. The molecule has 2 nitrogen and oxygen atoms in total. The van der Waals surface area contributed by atoms with Gasteiger partial charge in [-0.15, -0.1) is 0 Å². The number of hydrogen-bond acceptors (Lipinski definition) is 2. The molecule has 0 saturated heterocycles. The Morgan fingerprint density at radius 3 is 2.67 bits per heavy atom. The maximum absolute atomic E-state index is 11.0. The molecule has 0 saturated carbocycles. The number of aromatic nitrogens is 1. The summed E-state index contributed by atoms with van der Waals surface area (Å²) in [6.07, 6.45) is 2.69. The van der Waals surface area contributed by atoms with Crippen LogP contribution in [0.4, 0.5) is 0 Å². The molecule has 21 heavy (non-hydrogen) atoms. The first-order valence-corrected chi connectivity index (χ1v) is 7.13. The van der Waals surface area contributed by atoms with Crippen molar-refractivity contribution >= 4 is 17.2 Å². The van der Waals surface area contributed by atoms with Gasteiger partial charge in [-0.1, -0.05) is 38.1 Å². The number of nitrogens with zero attached hydrogens (tertiary/aromatic N) is 1. The van der Waals surface area contributed by atoms with Gasteiger partial charge in [0.2, 0.25) is 0 Å².